The van der Waals surface area contributed by atoms with Gasteiger partial charge in [-0.25, -0.2) is 4.99 Å². The monoisotopic (exact) mass is 468 g/mol. The summed E-state index contributed by atoms with van der Waals surface area (Å²) < 4.78 is 5.98. The van der Waals surface area contributed by atoms with Crippen LogP contribution in [0.1, 0.15) is 16.7 Å². The van der Waals surface area contributed by atoms with Crippen LogP contribution in [0.5, 0.6) is 5.75 Å². The standard InChI is InChI=1S/C24H18Cl2N2O2S/c1-15-2-9-20(10-3-15)27-24-28-23(29)22(31-24)13-17-12-19(26)8-11-21(17)30-14-16-4-6-18(25)7-5-16/h2-13H,14H2,1H3,(H,27,28,29)/b22-13-. The van der Waals surface area contributed by atoms with Crippen molar-refractivity contribution in [2.24, 2.45) is 4.99 Å². The van der Waals surface area contributed by atoms with Crippen molar-refractivity contribution in [2.75, 3.05) is 0 Å². The van der Waals surface area contributed by atoms with E-state index in [-0.39, 0.29) is 5.91 Å². The summed E-state index contributed by atoms with van der Waals surface area (Å²) in [6.07, 6.45) is 1.76. The van der Waals surface area contributed by atoms with E-state index in [1.54, 1.807) is 24.3 Å². The third kappa shape index (κ3) is 5.70. The number of amides is 1. The van der Waals surface area contributed by atoms with Gasteiger partial charge in [-0.15, -0.1) is 0 Å². The topological polar surface area (TPSA) is 50.7 Å². The molecular weight excluding hydrogens is 451 g/mol. The summed E-state index contributed by atoms with van der Waals surface area (Å²) >= 11 is 13.4. The smallest absolute Gasteiger partial charge is 0.264 e. The van der Waals surface area contributed by atoms with Gasteiger partial charge in [0.2, 0.25) is 0 Å². The number of halogens is 2. The third-order valence-electron chi connectivity index (χ3n) is 4.48. The number of hydrogen-bond acceptors (Lipinski definition) is 4. The Balaban J connectivity index is 1.54. The Hall–Kier alpha value is -2.73. The minimum absolute atomic E-state index is 0.209. The van der Waals surface area contributed by atoms with Crippen molar-refractivity contribution >= 4 is 57.8 Å². The molecule has 0 bridgehead atoms. The van der Waals surface area contributed by atoms with Gasteiger partial charge in [0.25, 0.3) is 5.91 Å². The molecule has 1 aliphatic heterocycles. The van der Waals surface area contributed by atoms with Crippen LogP contribution in [0.2, 0.25) is 10.0 Å². The number of aliphatic imine (C=N–C) groups is 1. The van der Waals surface area contributed by atoms with Gasteiger partial charge in [0, 0.05) is 15.6 Å². The molecule has 31 heavy (non-hydrogen) atoms. The predicted molar refractivity (Wildman–Crippen MR) is 129 cm³/mol. The molecule has 0 aliphatic carbocycles. The lowest BCUT2D eigenvalue weighted by molar-refractivity contribution is -0.115. The molecule has 1 heterocycles. The van der Waals surface area contributed by atoms with Gasteiger partial charge < -0.3 is 10.1 Å². The van der Waals surface area contributed by atoms with Gasteiger partial charge >= 0.3 is 0 Å². The van der Waals surface area contributed by atoms with E-state index in [0.29, 0.717) is 32.5 Å². The third-order valence-corrected chi connectivity index (χ3v) is 5.88. The lowest BCUT2D eigenvalue weighted by atomic mass is 10.1. The Morgan fingerprint density at radius 1 is 1.00 bits per heavy atom. The molecule has 156 valence electrons. The Morgan fingerprint density at radius 3 is 2.45 bits per heavy atom. The van der Waals surface area contributed by atoms with Crippen molar-refractivity contribution in [3.8, 4) is 5.75 Å². The zero-order valence-electron chi connectivity index (χ0n) is 16.6. The molecule has 3 aromatic carbocycles. The van der Waals surface area contributed by atoms with E-state index in [4.69, 9.17) is 27.9 Å². The first-order chi connectivity index (χ1) is 15.0. The molecule has 1 N–H and O–H groups in total. The largest absolute Gasteiger partial charge is 0.488 e. The predicted octanol–water partition coefficient (Wildman–Crippen LogP) is 6.77. The van der Waals surface area contributed by atoms with Gasteiger partial charge in [0.15, 0.2) is 5.17 Å². The molecule has 1 fully saturated rings. The second kappa shape index (κ2) is 9.60. The normalized spacial score (nSPS) is 16.0. The lowest BCUT2D eigenvalue weighted by Crippen LogP contribution is -2.19. The van der Waals surface area contributed by atoms with Crippen LogP contribution >= 0.6 is 35.0 Å². The fourth-order valence-corrected chi connectivity index (χ4v) is 4.00. The van der Waals surface area contributed by atoms with E-state index in [2.05, 4.69) is 10.3 Å². The summed E-state index contributed by atoms with van der Waals surface area (Å²) in [6, 6.07) is 20.6. The van der Waals surface area contributed by atoms with Crippen LogP contribution in [0.3, 0.4) is 0 Å². The maximum atomic E-state index is 12.5. The molecule has 0 radical (unpaired) electrons. The van der Waals surface area contributed by atoms with Gasteiger partial charge in [-0.05, 0) is 72.8 Å². The van der Waals surface area contributed by atoms with Gasteiger partial charge in [0.1, 0.15) is 12.4 Å². The summed E-state index contributed by atoms with van der Waals surface area (Å²) in [6.45, 7) is 2.38. The molecular formula is C24H18Cl2N2O2S. The first kappa shape index (κ1) is 21.5. The number of benzene rings is 3. The zero-order chi connectivity index (χ0) is 21.8. The van der Waals surface area contributed by atoms with Crippen LogP contribution in [0.15, 0.2) is 76.6 Å². The Kier molecular flexibility index (Phi) is 6.66. The molecule has 1 amide bonds. The molecule has 0 unspecified atom stereocenters. The van der Waals surface area contributed by atoms with E-state index in [1.165, 1.54) is 11.8 Å². The zero-order valence-corrected chi connectivity index (χ0v) is 18.9. The highest BCUT2D eigenvalue weighted by molar-refractivity contribution is 8.18. The van der Waals surface area contributed by atoms with Crippen LogP contribution in [0, 0.1) is 6.92 Å². The van der Waals surface area contributed by atoms with Crippen LogP contribution in [-0.2, 0) is 11.4 Å². The molecule has 0 spiro atoms. The van der Waals surface area contributed by atoms with Gasteiger partial charge in [-0.3, -0.25) is 4.79 Å². The van der Waals surface area contributed by atoms with E-state index < -0.39 is 0 Å². The fraction of sp³-hybridized carbons (Fsp3) is 0.0833. The second-order valence-electron chi connectivity index (χ2n) is 6.91. The van der Waals surface area contributed by atoms with Crippen molar-refractivity contribution in [3.63, 3.8) is 0 Å². The molecule has 7 heteroatoms. The molecule has 3 aromatic rings. The number of ether oxygens (including phenoxy) is 1. The maximum absolute atomic E-state index is 12.5. The number of aryl methyl sites for hydroxylation is 1. The molecule has 4 nitrogen and oxygen atoms in total. The van der Waals surface area contributed by atoms with Gasteiger partial charge in [-0.2, -0.15) is 0 Å². The van der Waals surface area contributed by atoms with Crippen molar-refractivity contribution < 1.29 is 9.53 Å². The van der Waals surface area contributed by atoms with Crippen molar-refractivity contribution in [3.05, 3.63) is 98.4 Å². The van der Waals surface area contributed by atoms with E-state index in [0.717, 1.165) is 22.4 Å². The van der Waals surface area contributed by atoms with Crippen LogP contribution in [-0.4, -0.2) is 11.1 Å². The number of amidine groups is 1. The van der Waals surface area contributed by atoms with Crippen LogP contribution in [0.4, 0.5) is 5.69 Å². The quantitative estimate of drug-likeness (QED) is 0.420. The fourth-order valence-electron chi connectivity index (χ4n) is 2.86. The molecule has 0 aromatic heterocycles. The average Bonchev–Trinajstić information content (AvgIpc) is 3.09. The van der Waals surface area contributed by atoms with Crippen molar-refractivity contribution in [1.82, 2.24) is 5.32 Å². The highest BCUT2D eigenvalue weighted by Crippen LogP contribution is 2.32. The van der Waals surface area contributed by atoms with E-state index in [9.17, 15) is 4.79 Å². The number of hydrogen-bond donors (Lipinski definition) is 1. The van der Waals surface area contributed by atoms with E-state index >= 15 is 0 Å². The maximum Gasteiger partial charge on any atom is 0.264 e. The number of nitrogens with one attached hydrogen (secondary N) is 1. The van der Waals surface area contributed by atoms with Crippen molar-refractivity contribution in [1.29, 1.82) is 0 Å². The highest BCUT2D eigenvalue weighted by atomic mass is 35.5. The number of rotatable bonds is 5. The summed E-state index contributed by atoms with van der Waals surface area (Å²) in [7, 11) is 0. The average molecular weight is 469 g/mol. The van der Waals surface area contributed by atoms with Crippen molar-refractivity contribution in [2.45, 2.75) is 13.5 Å². The van der Waals surface area contributed by atoms with Gasteiger partial charge in [0.05, 0.1) is 10.6 Å². The first-order valence-corrected chi connectivity index (χ1v) is 11.1. The van der Waals surface area contributed by atoms with E-state index in [1.807, 2.05) is 55.5 Å². The second-order valence-corrected chi connectivity index (χ2v) is 8.82. The first-order valence-electron chi connectivity index (χ1n) is 9.49. The summed E-state index contributed by atoms with van der Waals surface area (Å²) in [4.78, 5) is 17.5. The molecule has 4 rings (SSSR count). The molecule has 1 saturated heterocycles. The highest BCUT2D eigenvalue weighted by Gasteiger charge is 2.24. The minimum atomic E-state index is -0.209. The number of thioether (sulfide) groups is 1. The van der Waals surface area contributed by atoms with Crippen LogP contribution < -0.4 is 10.1 Å². The molecule has 1 aliphatic rings. The summed E-state index contributed by atoms with van der Waals surface area (Å²) in [5.41, 5.74) is 3.64. The summed E-state index contributed by atoms with van der Waals surface area (Å²) in [5.74, 6) is 0.420. The Morgan fingerprint density at radius 2 is 1.71 bits per heavy atom. The minimum Gasteiger partial charge on any atom is -0.488 e. The SMILES string of the molecule is Cc1ccc(N=C2NC(=O)/C(=C/c3cc(Cl)ccc3OCc3ccc(Cl)cc3)S2)cc1. The Bertz CT molecular complexity index is 1170. The number of carbonyl (C=O) groups is 1. The van der Waals surface area contributed by atoms with Gasteiger partial charge in [-0.1, -0.05) is 53.0 Å². The number of nitrogens with zero attached hydrogens (tertiary/aromatic N) is 1. The molecule has 0 atom stereocenters. The lowest BCUT2D eigenvalue weighted by Gasteiger charge is -2.10. The van der Waals surface area contributed by atoms with Crippen LogP contribution in [0.25, 0.3) is 6.08 Å². The summed E-state index contributed by atoms with van der Waals surface area (Å²) in [5, 5.41) is 4.57. The Labute approximate surface area is 194 Å². The molecule has 0 saturated carbocycles. The number of carbonyl (C=O) groups excluding carboxylic acids is 1.